The highest BCUT2D eigenvalue weighted by Crippen LogP contribution is 2.05. The normalized spacial score (nSPS) is 12.1. The van der Waals surface area contributed by atoms with Crippen molar-refractivity contribution in [2.45, 2.75) is 20.3 Å². The number of carbonyl (C=O) groups is 1. The number of ether oxygens (including phenoxy) is 1. The number of rotatable bonds is 5. The van der Waals surface area contributed by atoms with E-state index in [2.05, 4.69) is 25.2 Å². The van der Waals surface area contributed by atoms with Crippen molar-refractivity contribution in [1.29, 1.82) is 0 Å². The number of hydrogen-bond donors (Lipinski definition) is 0. The van der Waals surface area contributed by atoms with Crippen LogP contribution in [0.5, 0.6) is 0 Å². The smallest absolute Gasteiger partial charge is 0.334 e. The van der Waals surface area contributed by atoms with Gasteiger partial charge in [-0.2, -0.15) is 0 Å². The molecule has 0 aromatic rings. The van der Waals surface area contributed by atoms with E-state index in [1.54, 1.807) is 12.2 Å². The molecule has 0 atom stereocenters. The third-order valence-corrected chi connectivity index (χ3v) is 1.61. The molecule has 0 aromatic carbocycles. The van der Waals surface area contributed by atoms with Crippen LogP contribution in [0.25, 0.3) is 0 Å². The monoisotopic (exact) mass is 194 g/mol. The Balaban J connectivity index is 4.47. The zero-order valence-electron chi connectivity index (χ0n) is 9.12. The second kappa shape index (κ2) is 7.13. The average Bonchev–Trinajstić information content (AvgIpc) is 2.15. The molecule has 0 saturated carbocycles. The Kier molecular flexibility index (Phi) is 6.46. The minimum absolute atomic E-state index is 0.293. The molecule has 0 saturated heterocycles. The van der Waals surface area contributed by atoms with Gasteiger partial charge in [-0.3, -0.25) is 0 Å². The highest BCUT2D eigenvalue weighted by atomic mass is 16.5. The summed E-state index contributed by atoms with van der Waals surface area (Å²) < 4.78 is 4.63. The van der Waals surface area contributed by atoms with Gasteiger partial charge in [-0.1, -0.05) is 38.2 Å². The molecule has 0 bridgehead atoms. The first-order valence-electron chi connectivity index (χ1n) is 4.68. The SMILES string of the molecule is C=CC/C(=C\C=C\C(C)C)C(=O)OC. The zero-order valence-corrected chi connectivity index (χ0v) is 9.12. The molecule has 14 heavy (non-hydrogen) atoms. The third kappa shape index (κ3) is 5.36. The summed E-state index contributed by atoms with van der Waals surface area (Å²) in [7, 11) is 1.38. The van der Waals surface area contributed by atoms with Gasteiger partial charge in [-0.25, -0.2) is 4.79 Å². The highest BCUT2D eigenvalue weighted by Gasteiger charge is 2.05. The molecule has 0 unspecified atom stereocenters. The highest BCUT2D eigenvalue weighted by molar-refractivity contribution is 5.88. The van der Waals surface area contributed by atoms with Crippen LogP contribution < -0.4 is 0 Å². The van der Waals surface area contributed by atoms with Crippen molar-refractivity contribution in [1.82, 2.24) is 0 Å². The van der Waals surface area contributed by atoms with Gasteiger partial charge < -0.3 is 4.74 Å². The minimum atomic E-state index is -0.293. The van der Waals surface area contributed by atoms with Crippen molar-refractivity contribution in [2.75, 3.05) is 7.11 Å². The largest absolute Gasteiger partial charge is 0.466 e. The molecule has 0 aliphatic carbocycles. The van der Waals surface area contributed by atoms with Crippen molar-refractivity contribution < 1.29 is 9.53 Å². The van der Waals surface area contributed by atoms with E-state index in [0.29, 0.717) is 17.9 Å². The first kappa shape index (κ1) is 12.7. The fourth-order valence-electron chi connectivity index (χ4n) is 0.900. The fraction of sp³-hybridized carbons (Fsp3) is 0.417. The summed E-state index contributed by atoms with van der Waals surface area (Å²) in [5.74, 6) is 0.187. The van der Waals surface area contributed by atoms with Gasteiger partial charge in [-0.15, -0.1) is 6.58 Å². The summed E-state index contributed by atoms with van der Waals surface area (Å²) in [6.07, 6.45) is 7.89. The summed E-state index contributed by atoms with van der Waals surface area (Å²) in [6.45, 7) is 7.75. The molecule has 2 nitrogen and oxygen atoms in total. The van der Waals surface area contributed by atoms with Crippen LogP contribution in [0.2, 0.25) is 0 Å². The molecule has 0 aromatic heterocycles. The first-order chi connectivity index (χ1) is 6.61. The van der Waals surface area contributed by atoms with Crippen molar-refractivity contribution in [3.63, 3.8) is 0 Å². The standard InChI is InChI=1S/C12H18O2/c1-5-7-11(12(13)14-4)9-6-8-10(2)3/h5-6,8-10H,1,7H2,2-4H3/b8-6+,11-9+. The summed E-state index contributed by atoms with van der Waals surface area (Å²) in [5, 5.41) is 0. The Labute approximate surface area is 86.0 Å². The Hall–Kier alpha value is -1.31. The number of hydrogen-bond acceptors (Lipinski definition) is 2. The predicted octanol–water partition coefficient (Wildman–Crippen LogP) is 2.87. The molecule has 0 amide bonds. The van der Waals surface area contributed by atoms with Crippen LogP contribution in [0.3, 0.4) is 0 Å². The minimum Gasteiger partial charge on any atom is -0.466 e. The quantitative estimate of drug-likeness (QED) is 0.291. The molecular weight excluding hydrogens is 176 g/mol. The van der Waals surface area contributed by atoms with Crippen LogP contribution >= 0.6 is 0 Å². The van der Waals surface area contributed by atoms with Crippen LogP contribution in [-0.4, -0.2) is 13.1 Å². The van der Waals surface area contributed by atoms with Crippen LogP contribution in [0.4, 0.5) is 0 Å². The van der Waals surface area contributed by atoms with Gasteiger partial charge in [0.05, 0.1) is 7.11 Å². The molecule has 0 spiro atoms. The van der Waals surface area contributed by atoms with Gasteiger partial charge in [0.15, 0.2) is 0 Å². The van der Waals surface area contributed by atoms with Crippen LogP contribution in [-0.2, 0) is 9.53 Å². The third-order valence-electron chi connectivity index (χ3n) is 1.61. The second-order valence-corrected chi connectivity index (χ2v) is 3.31. The van der Waals surface area contributed by atoms with E-state index in [4.69, 9.17) is 0 Å². The van der Waals surface area contributed by atoms with E-state index in [0.717, 1.165) is 0 Å². The van der Waals surface area contributed by atoms with Crippen LogP contribution in [0.15, 0.2) is 36.5 Å². The average molecular weight is 194 g/mol. The summed E-state index contributed by atoms with van der Waals surface area (Å²) in [6, 6.07) is 0. The van der Waals surface area contributed by atoms with E-state index < -0.39 is 0 Å². The molecule has 0 N–H and O–H groups in total. The van der Waals surface area contributed by atoms with Gasteiger partial charge in [0.1, 0.15) is 0 Å². The predicted molar refractivity (Wildman–Crippen MR) is 58.9 cm³/mol. The van der Waals surface area contributed by atoms with Gasteiger partial charge in [0.25, 0.3) is 0 Å². The molecule has 78 valence electrons. The van der Waals surface area contributed by atoms with Crippen molar-refractivity contribution in [3.8, 4) is 0 Å². The van der Waals surface area contributed by atoms with E-state index in [9.17, 15) is 4.79 Å². The summed E-state index contributed by atoms with van der Waals surface area (Å²) in [4.78, 5) is 11.2. The number of esters is 1. The van der Waals surface area contributed by atoms with Crippen LogP contribution in [0.1, 0.15) is 20.3 Å². The van der Waals surface area contributed by atoms with E-state index in [1.807, 2.05) is 12.2 Å². The maximum Gasteiger partial charge on any atom is 0.334 e. The second-order valence-electron chi connectivity index (χ2n) is 3.31. The lowest BCUT2D eigenvalue weighted by Crippen LogP contribution is -2.03. The van der Waals surface area contributed by atoms with Gasteiger partial charge >= 0.3 is 5.97 Å². The number of methoxy groups -OCH3 is 1. The van der Waals surface area contributed by atoms with Gasteiger partial charge in [0, 0.05) is 5.57 Å². The van der Waals surface area contributed by atoms with Crippen molar-refractivity contribution in [3.05, 3.63) is 36.5 Å². The number of carbonyl (C=O) groups excluding carboxylic acids is 1. The van der Waals surface area contributed by atoms with Crippen molar-refractivity contribution >= 4 is 5.97 Å². The lowest BCUT2D eigenvalue weighted by atomic mass is 10.1. The molecule has 0 aliphatic heterocycles. The van der Waals surface area contributed by atoms with Crippen molar-refractivity contribution in [2.24, 2.45) is 5.92 Å². The molecule has 0 rings (SSSR count). The van der Waals surface area contributed by atoms with E-state index >= 15 is 0 Å². The van der Waals surface area contributed by atoms with E-state index in [-0.39, 0.29) is 5.97 Å². The zero-order chi connectivity index (χ0) is 11.0. The molecule has 2 heteroatoms. The van der Waals surface area contributed by atoms with Crippen LogP contribution in [0, 0.1) is 5.92 Å². The Morgan fingerprint density at radius 3 is 2.57 bits per heavy atom. The number of allylic oxidation sites excluding steroid dienone is 4. The fourth-order valence-corrected chi connectivity index (χ4v) is 0.900. The molecule has 0 aliphatic rings. The first-order valence-corrected chi connectivity index (χ1v) is 4.68. The molecular formula is C12H18O2. The maximum atomic E-state index is 11.2. The lowest BCUT2D eigenvalue weighted by Gasteiger charge is -2.00. The molecule has 0 radical (unpaired) electrons. The summed E-state index contributed by atoms with van der Waals surface area (Å²) >= 11 is 0. The van der Waals surface area contributed by atoms with E-state index in [1.165, 1.54) is 7.11 Å². The summed E-state index contributed by atoms with van der Waals surface area (Å²) in [5.41, 5.74) is 0.624. The molecule has 0 fully saturated rings. The Morgan fingerprint density at radius 2 is 2.14 bits per heavy atom. The lowest BCUT2D eigenvalue weighted by molar-refractivity contribution is -0.136. The maximum absolute atomic E-state index is 11.2. The molecule has 0 heterocycles. The topological polar surface area (TPSA) is 26.3 Å². The Morgan fingerprint density at radius 1 is 1.50 bits per heavy atom. The van der Waals surface area contributed by atoms with Gasteiger partial charge in [-0.05, 0) is 12.3 Å². The Bertz CT molecular complexity index is 247. The van der Waals surface area contributed by atoms with Gasteiger partial charge in [0.2, 0.25) is 0 Å².